The van der Waals surface area contributed by atoms with Crippen LogP contribution in [0.5, 0.6) is 0 Å². The minimum Gasteiger partial charge on any atom is -0.320 e. The molecule has 2 N–H and O–H groups in total. The first-order valence-electron chi connectivity index (χ1n) is 7.63. The molecule has 0 radical (unpaired) electrons. The zero-order valence-electron chi connectivity index (χ0n) is 12.7. The average molecular weight is 314 g/mol. The molecule has 4 rings (SSSR count). The third-order valence-electron chi connectivity index (χ3n) is 4.02. The minimum absolute atomic E-state index is 0.236. The Balaban J connectivity index is 1.90. The van der Waals surface area contributed by atoms with E-state index in [0.29, 0.717) is 0 Å². The van der Waals surface area contributed by atoms with Crippen LogP contribution in [0.25, 0.3) is 21.5 Å². The van der Waals surface area contributed by atoms with Gasteiger partial charge in [0.05, 0.1) is 5.69 Å². The number of rotatable bonds is 2. The van der Waals surface area contributed by atoms with Crippen molar-refractivity contribution in [3.05, 3.63) is 88.8 Å². The van der Waals surface area contributed by atoms with Crippen molar-refractivity contribution < 1.29 is 4.79 Å². The first-order chi connectivity index (χ1) is 11.7. The molecule has 1 amide bonds. The molecule has 0 aliphatic carbocycles. The summed E-state index contributed by atoms with van der Waals surface area (Å²) in [5, 5.41) is 6.98. The van der Waals surface area contributed by atoms with Gasteiger partial charge in [-0.25, -0.2) is 0 Å². The van der Waals surface area contributed by atoms with Crippen LogP contribution in [0.1, 0.15) is 10.5 Å². The summed E-state index contributed by atoms with van der Waals surface area (Å²) in [6.07, 6.45) is 0. The molecular formula is C20H14N2O2. The van der Waals surface area contributed by atoms with Crippen molar-refractivity contribution in [2.24, 2.45) is 0 Å². The Morgan fingerprint density at radius 1 is 0.792 bits per heavy atom. The number of aromatic amines is 1. The van der Waals surface area contributed by atoms with Crippen LogP contribution in [0.3, 0.4) is 0 Å². The van der Waals surface area contributed by atoms with Crippen LogP contribution in [0.2, 0.25) is 0 Å². The highest BCUT2D eigenvalue weighted by Gasteiger charge is 2.12. The molecule has 0 aliphatic heterocycles. The standard InChI is InChI=1S/C20H14N2O2/c23-18-11-5-10-17(21-18)20(24)22-19-15-8-3-1-6-13(15)12-14-7-2-4-9-16(14)19/h1-12H,(H,21,23)(H,22,24). The first kappa shape index (κ1) is 14.2. The number of hydrogen-bond acceptors (Lipinski definition) is 2. The van der Waals surface area contributed by atoms with E-state index in [4.69, 9.17) is 0 Å². The Morgan fingerprint density at radius 3 is 2.04 bits per heavy atom. The van der Waals surface area contributed by atoms with E-state index >= 15 is 0 Å². The van der Waals surface area contributed by atoms with Gasteiger partial charge in [0.1, 0.15) is 5.69 Å². The fourth-order valence-electron chi connectivity index (χ4n) is 2.91. The van der Waals surface area contributed by atoms with Crippen LogP contribution in [0.4, 0.5) is 5.69 Å². The van der Waals surface area contributed by atoms with E-state index in [0.717, 1.165) is 27.2 Å². The molecule has 0 unspecified atom stereocenters. The maximum Gasteiger partial charge on any atom is 0.272 e. The normalized spacial score (nSPS) is 10.8. The van der Waals surface area contributed by atoms with Crippen molar-refractivity contribution in [1.29, 1.82) is 0 Å². The van der Waals surface area contributed by atoms with E-state index in [9.17, 15) is 9.59 Å². The summed E-state index contributed by atoms with van der Waals surface area (Å²) in [6, 6.07) is 22.4. The number of amides is 1. The molecule has 4 heteroatoms. The largest absolute Gasteiger partial charge is 0.320 e. The molecule has 4 nitrogen and oxygen atoms in total. The predicted molar refractivity (Wildman–Crippen MR) is 96.5 cm³/mol. The maximum atomic E-state index is 12.6. The quantitative estimate of drug-likeness (QED) is 0.551. The molecule has 0 atom stereocenters. The fraction of sp³-hybridized carbons (Fsp3) is 0. The van der Waals surface area contributed by atoms with Crippen molar-refractivity contribution in [3.63, 3.8) is 0 Å². The van der Waals surface area contributed by atoms with Gasteiger partial charge in [0.15, 0.2) is 0 Å². The van der Waals surface area contributed by atoms with Crippen LogP contribution in [0.15, 0.2) is 77.6 Å². The molecule has 3 aromatic carbocycles. The molecule has 0 aliphatic rings. The molecule has 0 saturated carbocycles. The van der Waals surface area contributed by atoms with Crippen molar-refractivity contribution in [1.82, 2.24) is 4.98 Å². The third kappa shape index (κ3) is 2.44. The number of pyridine rings is 1. The monoisotopic (exact) mass is 314 g/mol. The minimum atomic E-state index is -0.339. The van der Waals surface area contributed by atoms with Crippen LogP contribution < -0.4 is 10.9 Å². The van der Waals surface area contributed by atoms with Gasteiger partial charge in [-0.15, -0.1) is 0 Å². The molecular weight excluding hydrogens is 300 g/mol. The number of fused-ring (bicyclic) bond motifs is 2. The number of aromatic nitrogens is 1. The zero-order valence-corrected chi connectivity index (χ0v) is 12.7. The van der Waals surface area contributed by atoms with E-state index < -0.39 is 0 Å². The second-order valence-electron chi connectivity index (χ2n) is 5.58. The Morgan fingerprint density at radius 2 is 1.42 bits per heavy atom. The van der Waals surface area contributed by atoms with Gasteiger partial charge in [-0.2, -0.15) is 0 Å². The highest BCUT2D eigenvalue weighted by molar-refractivity contribution is 6.17. The molecule has 1 aromatic heterocycles. The van der Waals surface area contributed by atoms with Gasteiger partial charge in [-0.3, -0.25) is 9.59 Å². The third-order valence-corrected chi connectivity index (χ3v) is 4.02. The molecule has 116 valence electrons. The van der Waals surface area contributed by atoms with Gasteiger partial charge in [0.25, 0.3) is 5.91 Å². The SMILES string of the molecule is O=C(Nc1c2ccccc2cc2ccccc12)c1cccc(=O)[nH]1. The number of H-pyrrole nitrogens is 1. The van der Waals surface area contributed by atoms with Gasteiger partial charge < -0.3 is 10.3 Å². The van der Waals surface area contributed by atoms with Gasteiger partial charge in [-0.1, -0.05) is 54.6 Å². The lowest BCUT2D eigenvalue weighted by molar-refractivity contribution is 0.102. The maximum absolute atomic E-state index is 12.6. The van der Waals surface area contributed by atoms with E-state index in [1.54, 1.807) is 12.1 Å². The lowest BCUT2D eigenvalue weighted by Crippen LogP contribution is -2.18. The van der Waals surface area contributed by atoms with Gasteiger partial charge in [0, 0.05) is 16.8 Å². The number of nitrogens with one attached hydrogen (secondary N) is 2. The summed E-state index contributed by atoms with van der Waals surface area (Å²) < 4.78 is 0. The Kier molecular flexibility index (Phi) is 3.35. The summed E-state index contributed by atoms with van der Waals surface area (Å²) in [7, 11) is 0. The fourth-order valence-corrected chi connectivity index (χ4v) is 2.91. The first-order valence-corrected chi connectivity index (χ1v) is 7.63. The second-order valence-corrected chi connectivity index (χ2v) is 5.58. The van der Waals surface area contributed by atoms with Gasteiger partial charge >= 0.3 is 0 Å². The van der Waals surface area contributed by atoms with E-state index in [-0.39, 0.29) is 17.2 Å². The van der Waals surface area contributed by atoms with Crippen LogP contribution in [-0.2, 0) is 0 Å². The van der Waals surface area contributed by atoms with Crippen molar-refractivity contribution in [3.8, 4) is 0 Å². The molecule has 24 heavy (non-hydrogen) atoms. The number of carbonyl (C=O) groups is 1. The van der Waals surface area contributed by atoms with Crippen LogP contribution >= 0.6 is 0 Å². The van der Waals surface area contributed by atoms with Gasteiger partial charge in [0.2, 0.25) is 5.56 Å². The lowest BCUT2D eigenvalue weighted by atomic mass is 10.0. The van der Waals surface area contributed by atoms with Crippen molar-refractivity contribution >= 4 is 33.1 Å². The highest BCUT2D eigenvalue weighted by atomic mass is 16.2. The zero-order chi connectivity index (χ0) is 16.5. The Labute approximate surface area is 137 Å². The van der Waals surface area contributed by atoms with Crippen LogP contribution in [0, 0.1) is 0 Å². The molecule has 4 aromatic rings. The average Bonchev–Trinajstić information content (AvgIpc) is 2.61. The number of hydrogen-bond donors (Lipinski definition) is 2. The molecule has 0 bridgehead atoms. The summed E-state index contributed by atoms with van der Waals surface area (Å²) >= 11 is 0. The number of carbonyl (C=O) groups excluding carboxylic acids is 1. The summed E-state index contributed by atoms with van der Waals surface area (Å²) in [6.45, 7) is 0. The lowest BCUT2D eigenvalue weighted by Gasteiger charge is -2.13. The van der Waals surface area contributed by atoms with Crippen molar-refractivity contribution in [2.45, 2.75) is 0 Å². The number of anilines is 1. The molecule has 0 fully saturated rings. The summed E-state index contributed by atoms with van der Waals surface area (Å²) in [4.78, 5) is 26.6. The van der Waals surface area contributed by atoms with E-state index in [1.807, 2.05) is 48.5 Å². The highest BCUT2D eigenvalue weighted by Crippen LogP contribution is 2.32. The van der Waals surface area contributed by atoms with E-state index in [2.05, 4.69) is 16.4 Å². The molecule has 0 spiro atoms. The summed E-state index contributed by atoms with van der Waals surface area (Å²) in [5.74, 6) is -0.339. The predicted octanol–water partition coefficient (Wildman–Crippen LogP) is 3.93. The molecule has 1 heterocycles. The second kappa shape index (κ2) is 5.66. The van der Waals surface area contributed by atoms with Crippen LogP contribution in [-0.4, -0.2) is 10.9 Å². The van der Waals surface area contributed by atoms with E-state index in [1.165, 1.54) is 6.07 Å². The van der Waals surface area contributed by atoms with Crippen molar-refractivity contribution in [2.75, 3.05) is 5.32 Å². The number of benzene rings is 3. The topological polar surface area (TPSA) is 62.0 Å². The van der Waals surface area contributed by atoms with Gasteiger partial charge in [-0.05, 0) is 22.9 Å². The smallest absolute Gasteiger partial charge is 0.272 e. The Bertz CT molecular complexity index is 1070. The molecule has 0 saturated heterocycles. The Hall–Kier alpha value is -3.40. The summed E-state index contributed by atoms with van der Waals surface area (Å²) in [5.41, 5.74) is 0.684.